The minimum absolute atomic E-state index is 0.202. The maximum absolute atomic E-state index is 6.64. The molecule has 3 aromatic heterocycles. The Bertz CT molecular complexity index is 1060. The van der Waals surface area contributed by atoms with E-state index in [1.54, 1.807) is 18.5 Å². The predicted octanol–water partition coefficient (Wildman–Crippen LogP) is 2.38. The molecule has 4 aromatic rings. The zero-order valence-corrected chi connectivity index (χ0v) is 14.0. The van der Waals surface area contributed by atoms with Crippen LogP contribution in [0.25, 0.3) is 17.2 Å². The number of rotatable bonds is 3. The summed E-state index contributed by atoms with van der Waals surface area (Å²) in [5.74, 6) is 1.63. The smallest absolute Gasteiger partial charge is 0.223 e. The van der Waals surface area contributed by atoms with Crippen molar-refractivity contribution >= 4 is 11.6 Å². The Morgan fingerprint density at radius 3 is 2.58 bits per heavy atom. The molecule has 130 valence electrons. The summed E-state index contributed by atoms with van der Waals surface area (Å²) in [6, 6.07) is 11.9. The van der Waals surface area contributed by atoms with Crippen molar-refractivity contribution in [1.82, 2.24) is 19.6 Å². The number of fused-ring (bicyclic) bond motifs is 2. The Labute approximate surface area is 149 Å². The van der Waals surface area contributed by atoms with Crippen LogP contribution < -0.4 is 11.5 Å². The van der Waals surface area contributed by atoms with Gasteiger partial charge in [-0.1, -0.05) is 24.3 Å². The first-order valence-corrected chi connectivity index (χ1v) is 8.58. The molecule has 0 spiro atoms. The third-order valence-corrected chi connectivity index (χ3v) is 5.11. The van der Waals surface area contributed by atoms with Crippen LogP contribution in [0, 0.1) is 5.92 Å². The summed E-state index contributed by atoms with van der Waals surface area (Å²) in [4.78, 5) is 8.89. The third-order valence-electron chi connectivity index (χ3n) is 5.11. The lowest BCUT2D eigenvalue weighted by atomic mass is 9.92. The van der Waals surface area contributed by atoms with Gasteiger partial charge in [-0.3, -0.25) is 0 Å². The first kappa shape index (κ1) is 15.1. The van der Waals surface area contributed by atoms with Gasteiger partial charge in [0.2, 0.25) is 11.8 Å². The average Bonchev–Trinajstić information content (AvgIpc) is 3.38. The van der Waals surface area contributed by atoms with E-state index in [9.17, 15) is 0 Å². The van der Waals surface area contributed by atoms with E-state index in [4.69, 9.17) is 15.9 Å². The number of hydrogen-bond donors (Lipinski definition) is 2. The molecule has 0 saturated carbocycles. The minimum atomic E-state index is -0.202. The highest BCUT2D eigenvalue weighted by molar-refractivity contribution is 5.58. The number of nitrogen functional groups attached to an aromatic ring is 1. The first-order chi connectivity index (χ1) is 12.7. The normalized spacial score (nSPS) is 15.4. The van der Waals surface area contributed by atoms with Crippen LogP contribution in [0.15, 0.2) is 53.3 Å². The van der Waals surface area contributed by atoms with Gasteiger partial charge in [0.25, 0.3) is 0 Å². The lowest BCUT2D eigenvalue weighted by Crippen LogP contribution is -2.23. The van der Waals surface area contributed by atoms with Crippen molar-refractivity contribution in [3.8, 4) is 11.6 Å². The van der Waals surface area contributed by atoms with Crippen molar-refractivity contribution in [3.05, 3.63) is 65.5 Å². The molecule has 1 aliphatic rings. The van der Waals surface area contributed by atoms with Crippen molar-refractivity contribution in [2.24, 2.45) is 11.7 Å². The second-order valence-corrected chi connectivity index (χ2v) is 6.68. The fourth-order valence-electron chi connectivity index (χ4n) is 3.75. The lowest BCUT2D eigenvalue weighted by Gasteiger charge is -2.19. The molecule has 5 rings (SSSR count). The molecule has 0 aliphatic heterocycles. The molecule has 4 N–H and O–H groups in total. The van der Waals surface area contributed by atoms with E-state index in [2.05, 4.69) is 39.3 Å². The maximum Gasteiger partial charge on any atom is 0.223 e. The van der Waals surface area contributed by atoms with E-state index >= 15 is 0 Å². The Hall–Kier alpha value is -3.19. The van der Waals surface area contributed by atoms with Crippen LogP contribution in [0.2, 0.25) is 0 Å². The number of benzene rings is 1. The molecule has 26 heavy (non-hydrogen) atoms. The van der Waals surface area contributed by atoms with Gasteiger partial charge in [0.15, 0.2) is 11.4 Å². The Morgan fingerprint density at radius 1 is 1.12 bits per heavy atom. The van der Waals surface area contributed by atoms with Gasteiger partial charge in [-0.15, -0.1) is 5.10 Å². The Balaban J connectivity index is 1.56. The van der Waals surface area contributed by atoms with Crippen molar-refractivity contribution in [2.75, 3.05) is 5.73 Å². The molecule has 0 radical (unpaired) electrons. The van der Waals surface area contributed by atoms with Gasteiger partial charge in [-0.2, -0.15) is 4.52 Å². The molecule has 0 amide bonds. The van der Waals surface area contributed by atoms with Crippen LogP contribution >= 0.6 is 0 Å². The van der Waals surface area contributed by atoms with E-state index < -0.39 is 0 Å². The van der Waals surface area contributed by atoms with Gasteiger partial charge in [-0.25, -0.2) is 9.97 Å². The second kappa shape index (κ2) is 5.67. The van der Waals surface area contributed by atoms with Gasteiger partial charge in [0.05, 0.1) is 6.26 Å². The van der Waals surface area contributed by atoms with Gasteiger partial charge < -0.3 is 15.9 Å². The quantitative estimate of drug-likeness (QED) is 0.589. The zero-order chi connectivity index (χ0) is 17.7. The predicted molar refractivity (Wildman–Crippen MR) is 97.2 cm³/mol. The summed E-state index contributed by atoms with van der Waals surface area (Å²) in [7, 11) is 0. The highest BCUT2D eigenvalue weighted by Crippen LogP contribution is 2.35. The van der Waals surface area contributed by atoms with Gasteiger partial charge >= 0.3 is 0 Å². The van der Waals surface area contributed by atoms with E-state index in [-0.39, 0.29) is 12.0 Å². The van der Waals surface area contributed by atoms with Crippen LogP contribution in [0.5, 0.6) is 0 Å². The largest absolute Gasteiger partial charge is 0.461 e. The van der Waals surface area contributed by atoms with Crippen molar-refractivity contribution in [1.29, 1.82) is 0 Å². The van der Waals surface area contributed by atoms with Crippen molar-refractivity contribution < 1.29 is 4.42 Å². The van der Waals surface area contributed by atoms with Crippen LogP contribution in [-0.4, -0.2) is 19.6 Å². The SMILES string of the molecule is Nc1ncc(C(N)C2Cc3ccccc3C2)c2nc(-c3ccco3)nn12. The molecule has 1 atom stereocenters. The number of anilines is 1. The molecule has 3 heterocycles. The van der Waals surface area contributed by atoms with E-state index in [1.807, 2.05) is 6.07 Å². The summed E-state index contributed by atoms with van der Waals surface area (Å²) in [6.45, 7) is 0. The molecular formula is C19H18N6O. The molecule has 1 aromatic carbocycles. The topological polar surface area (TPSA) is 108 Å². The molecular weight excluding hydrogens is 328 g/mol. The molecule has 7 heteroatoms. The summed E-state index contributed by atoms with van der Waals surface area (Å²) < 4.78 is 6.94. The highest BCUT2D eigenvalue weighted by Gasteiger charge is 2.29. The molecule has 1 aliphatic carbocycles. The van der Waals surface area contributed by atoms with Gasteiger partial charge in [-0.05, 0) is 42.0 Å². The summed E-state index contributed by atoms with van der Waals surface area (Å²) >= 11 is 0. The number of furan rings is 1. The summed E-state index contributed by atoms with van der Waals surface area (Å²) in [5, 5.41) is 4.43. The Morgan fingerprint density at radius 2 is 1.88 bits per heavy atom. The van der Waals surface area contributed by atoms with Crippen LogP contribution in [0.3, 0.4) is 0 Å². The number of hydrogen-bond acceptors (Lipinski definition) is 6. The fourth-order valence-corrected chi connectivity index (χ4v) is 3.75. The van der Waals surface area contributed by atoms with Crippen LogP contribution in [-0.2, 0) is 12.8 Å². The number of nitrogens with zero attached hydrogens (tertiary/aromatic N) is 4. The first-order valence-electron chi connectivity index (χ1n) is 8.58. The molecule has 0 fully saturated rings. The van der Waals surface area contributed by atoms with Gasteiger partial charge in [0, 0.05) is 17.8 Å². The molecule has 7 nitrogen and oxygen atoms in total. The standard InChI is InChI=1S/C19H18N6O/c20-16(13-8-11-4-1-2-5-12(11)9-13)14-10-22-19(21)25-18(14)23-17(24-25)15-6-3-7-26-15/h1-7,10,13,16H,8-9,20H2,(H2,21,22). The maximum atomic E-state index is 6.64. The van der Waals surface area contributed by atoms with E-state index in [0.29, 0.717) is 23.1 Å². The van der Waals surface area contributed by atoms with Crippen molar-refractivity contribution in [2.45, 2.75) is 18.9 Å². The fraction of sp³-hybridized carbons (Fsp3) is 0.211. The van der Waals surface area contributed by atoms with Crippen LogP contribution in [0.1, 0.15) is 22.7 Å². The van der Waals surface area contributed by atoms with Gasteiger partial charge in [0.1, 0.15) is 0 Å². The van der Waals surface area contributed by atoms with E-state index in [0.717, 1.165) is 18.4 Å². The lowest BCUT2D eigenvalue weighted by molar-refractivity contribution is 0.453. The molecule has 0 bridgehead atoms. The minimum Gasteiger partial charge on any atom is -0.461 e. The second-order valence-electron chi connectivity index (χ2n) is 6.68. The number of nitrogens with two attached hydrogens (primary N) is 2. The molecule has 1 unspecified atom stereocenters. The van der Waals surface area contributed by atoms with Crippen molar-refractivity contribution in [3.63, 3.8) is 0 Å². The Kier molecular flexibility index (Phi) is 3.29. The monoisotopic (exact) mass is 346 g/mol. The van der Waals surface area contributed by atoms with Crippen LogP contribution in [0.4, 0.5) is 5.95 Å². The number of aromatic nitrogens is 4. The summed E-state index contributed by atoms with van der Waals surface area (Å²) in [6.07, 6.45) is 5.21. The average molecular weight is 346 g/mol. The third kappa shape index (κ3) is 2.28. The molecule has 0 saturated heterocycles. The summed E-state index contributed by atoms with van der Waals surface area (Å²) in [5.41, 5.74) is 16.8. The van der Waals surface area contributed by atoms with E-state index in [1.165, 1.54) is 15.6 Å². The zero-order valence-electron chi connectivity index (χ0n) is 14.0. The highest BCUT2D eigenvalue weighted by atomic mass is 16.3.